The summed E-state index contributed by atoms with van der Waals surface area (Å²) in [5.41, 5.74) is 0.693. The van der Waals surface area contributed by atoms with Gasteiger partial charge in [0.2, 0.25) is 11.0 Å². The first kappa shape index (κ1) is 23.0. The maximum atomic E-state index is 12.2. The van der Waals surface area contributed by atoms with Gasteiger partial charge in [-0.25, -0.2) is 0 Å². The van der Waals surface area contributed by atoms with E-state index < -0.39 is 10.8 Å². The van der Waals surface area contributed by atoms with Crippen LogP contribution >= 0.6 is 23.1 Å². The predicted octanol–water partition coefficient (Wildman–Crippen LogP) is 3.45. The molecule has 0 atom stereocenters. The Morgan fingerprint density at radius 3 is 2.44 bits per heavy atom. The fourth-order valence-corrected chi connectivity index (χ4v) is 4.01. The van der Waals surface area contributed by atoms with E-state index >= 15 is 0 Å². The Morgan fingerprint density at radius 2 is 1.78 bits per heavy atom. The van der Waals surface area contributed by atoms with E-state index in [0.717, 1.165) is 23.1 Å². The number of nitrogens with zero attached hydrogens (tertiary/aromatic N) is 3. The van der Waals surface area contributed by atoms with Crippen LogP contribution in [0, 0.1) is 10.1 Å². The number of hydrogen-bond donors (Lipinski definition) is 2. The molecule has 0 bridgehead atoms. The summed E-state index contributed by atoms with van der Waals surface area (Å²) in [5, 5.41) is 24.1. The molecule has 0 spiro atoms. The summed E-state index contributed by atoms with van der Waals surface area (Å²) in [6.45, 7) is 0. The molecular weight excluding hydrogens is 458 g/mol. The first-order valence-corrected chi connectivity index (χ1v) is 10.7. The van der Waals surface area contributed by atoms with Gasteiger partial charge in [-0.05, 0) is 24.3 Å². The zero-order valence-electron chi connectivity index (χ0n) is 16.9. The van der Waals surface area contributed by atoms with Gasteiger partial charge in [-0.3, -0.25) is 25.0 Å². The molecule has 166 valence electrons. The molecule has 0 aliphatic rings. The highest BCUT2D eigenvalue weighted by Gasteiger charge is 2.14. The van der Waals surface area contributed by atoms with Crippen LogP contribution in [0.25, 0.3) is 0 Å². The molecule has 0 saturated heterocycles. The van der Waals surface area contributed by atoms with Crippen LogP contribution in [0.5, 0.6) is 11.5 Å². The predicted molar refractivity (Wildman–Crippen MR) is 120 cm³/mol. The third-order valence-corrected chi connectivity index (χ3v) is 5.93. The molecule has 11 nitrogen and oxygen atoms in total. The number of nitrogens with one attached hydrogen (secondary N) is 2. The molecule has 0 fully saturated rings. The first-order chi connectivity index (χ1) is 15.4. The van der Waals surface area contributed by atoms with E-state index in [-0.39, 0.29) is 28.0 Å². The number of nitro benzene ring substituents is 1. The molecule has 3 aromatic rings. The monoisotopic (exact) mass is 475 g/mol. The maximum absolute atomic E-state index is 12.2. The number of benzene rings is 2. The van der Waals surface area contributed by atoms with Crippen molar-refractivity contribution in [3.05, 3.63) is 58.1 Å². The third-order valence-electron chi connectivity index (χ3n) is 3.96. The normalized spacial score (nSPS) is 10.3. The van der Waals surface area contributed by atoms with Crippen molar-refractivity contribution < 1.29 is 24.0 Å². The Hall–Kier alpha value is -3.71. The van der Waals surface area contributed by atoms with E-state index in [1.54, 1.807) is 18.2 Å². The average Bonchev–Trinajstić information content (AvgIpc) is 3.24. The Kier molecular flexibility index (Phi) is 7.57. The van der Waals surface area contributed by atoms with Crippen molar-refractivity contribution in [1.82, 2.24) is 10.2 Å². The van der Waals surface area contributed by atoms with Crippen molar-refractivity contribution in [1.29, 1.82) is 0 Å². The van der Waals surface area contributed by atoms with E-state index in [2.05, 4.69) is 20.8 Å². The molecule has 2 N–H and O–H groups in total. The van der Waals surface area contributed by atoms with Crippen molar-refractivity contribution in [2.75, 3.05) is 30.6 Å². The summed E-state index contributed by atoms with van der Waals surface area (Å²) in [5.74, 6) is 0.402. The number of amides is 2. The van der Waals surface area contributed by atoms with Gasteiger partial charge in [-0.15, -0.1) is 10.2 Å². The molecule has 13 heteroatoms. The zero-order chi connectivity index (χ0) is 23.1. The van der Waals surface area contributed by atoms with E-state index in [1.807, 2.05) is 0 Å². The van der Waals surface area contributed by atoms with Crippen LogP contribution in [0.4, 0.5) is 16.5 Å². The van der Waals surface area contributed by atoms with Gasteiger partial charge in [-0.2, -0.15) is 0 Å². The van der Waals surface area contributed by atoms with Crippen LogP contribution in [0.1, 0.15) is 10.4 Å². The number of rotatable bonds is 9. The number of carbonyl (C=O) groups is 2. The van der Waals surface area contributed by atoms with Gasteiger partial charge in [0.15, 0.2) is 15.8 Å². The van der Waals surface area contributed by atoms with Crippen LogP contribution in [0.2, 0.25) is 0 Å². The van der Waals surface area contributed by atoms with Crippen LogP contribution < -0.4 is 20.1 Å². The molecule has 0 unspecified atom stereocenters. The summed E-state index contributed by atoms with van der Waals surface area (Å²) in [6.07, 6.45) is 0. The second-order valence-corrected chi connectivity index (χ2v) is 8.24. The summed E-state index contributed by atoms with van der Waals surface area (Å²) in [4.78, 5) is 34.6. The fourth-order valence-electron chi connectivity index (χ4n) is 2.46. The van der Waals surface area contributed by atoms with Crippen molar-refractivity contribution >= 4 is 51.4 Å². The number of aromatic nitrogens is 2. The molecule has 0 aliphatic heterocycles. The smallest absolute Gasteiger partial charge is 0.269 e. The van der Waals surface area contributed by atoms with Gasteiger partial charge in [-0.1, -0.05) is 23.1 Å². The van der Waals surface area contributed by atoms with E-state index in [0.29, 0.717) is 21.5 Å². The number of non-ortho nitro benzene ring substituents is 1. The van der Waals surface area contributed by atoms with E-state index in [9.17, 15) is 19.7 Å². The number of thioether (sulfide) groups is 1. The van der Waals surface area contributed by atoms with Crippen LogP contribution in [0.3, 0.4) is 0 Å². The lowest BCUT2D eigenvalue weighted by atomic mass is 10.2. The first-order valence-electron chi connectivity index (χ1n) is 8.93. The van der Waals surface area contributed by atoms with Crippen molar-refractivity contribution in [2.24, 2.45) is 0 Å². The third kappa shape index (κ3) is 5.92. The number of nitro groups is 1. The Bertz CT molecular complexity index is 1140. The quantitative estimate of drug-likeness (QED) is 0.206. The maximum Gasteiger partial charge on any atom is 0.269 e. The number of methoxy groups -OCH3 is 2. The highest BCUT2D eigenvalue weighted by atomic mass is 32.2. The van der Waals surface area contributed by atoms with Crippen molar-refractivity contribution in [3.63, 3.8) is 0 Å². The SMILES string of the molecule is COc1ccc(NC(=O)CSc2nnc(NC(=O)c3ccc([N+](=O)[O-])cc3)s2)cc1OC. The lowest BCUT2D eigenvalue weighted by molar-refractivity contribution is -0.384. The molecule has 32 heavy (non-hydrogen) atoms. The molecule has 1 heterocycles. The van der Waals surface area contributed by atoms with E-state index in [4.69, 9.17) is 9.47 Å². The molecule has 3 rings (SSSR count). The summed E-state index contributed by atoms with van der Waals surface area (Å²) < 4.78 is 10.9. The number of carbonyl (C=O) groups excluding carboxylic acids is 2. The fraction of sp³-hybridized carbons (Fsp3) is 0.158. The molecule has 0 radical (unpaired) electrons. The minimum atomic E-state index is -0.544. The Balaban J connectivity index is 1.52. The standard InChI is InChI=1S/C19H17N5O6S2/c1-29-14-8-5-12(9-15(14)30-2)20-16(25)10-31-19-23-22-18(32-19)21-17(26)11-3-6-13(7-4-11)24(27)28/h3-9H,10H2,1-2H3,(H,20,25)(H,21,22,26). The molecule has 1 aromatic heterocycles. The van der Waals surface area contributed by atoms with Gasteiger partial charge >= 0.3 is 0 Å². The van der Waals surface area contributed by atoms with Crippen LogP contribution in [0.15, 0.2) is 46.8 Å². The van der Waals surface area contributed by atoms with Gasteiger partial charge in [0.25, 0.3) is 11.6 Å². The average molecular weight is 476 g/mol. The number of anilines is 2. The lowest BCUT2D eigenvalue weighted by Gasteiger charge is -2.10. The summed E-state index contributed by atoms with van der Waals surface area (Å²) in [6, 6.07) is 10.2. The number of hydrogen-bond acceptors (Lipinski definition) is 10. The van der Waals surface area contributed by atoms with Gasteiger partial charge in [0.05, 0.1) is 24.9 Å². The highest BCUT2D eigenvalue weighted by Crippen LogP contribution is 2.30. The van der Waals surface area contributed by atoms with Crippen molar-refractivity contribution in [3.8, 4) is 11.5 Å². The molecule has 2 amide bonds. The van der Waals surface area contributed by atoms with Gasteiger partial charge in [0.1, 0.15) is 0 Å². The van der Waals surface area contributed by atoms with E-state index in [1.165, 1.54) is 38.5 Å². The Morgan fingerprint density at radius 1 is 1.06 bits per heavy atom. The molecule has 0 aliphatic carbocycles. The second kappa shape index (κ2) is 10.5. The molecular formula is C19H17N5O6S2. The summed E-state index contributed by atoms with van der Waals surface area (Å²) in [7, 11) is 3.03. The topological polar surface area (TPSA) is 146 Å². The largest absolute Gasteiger partial charge is 0.493 e. The van der Waals surface area contributed by atoms with Gasteiger partial charge in [0, 0.05) is 29.4 Å². The zero-order valence-corrected chi connectivity index (χ0v) is 18.5. The van der Waals surface area contributed by atoms with Crippen LogP contribution in [-0.4, -0.2) is 46.9 Å². The minimum absolute atomic E-state index is 0.0826. The second-order valence-electron chi connectivity index (χ2n) is 6.04. The lowest BCUT2D eigenvalue weighted by Crippen LogP contribution is -2.14. The molecule has 0 saturated carbocycles. The minimum Gasteiger partial charge on any atom is -0.493 e. The number of ether oxygens (including phenoxy) is 2. The Labute approximate surface area is 190 Å². The van der Waals surface area contributed by atoms with Gasteiger partial charge < -0.3 is 14.8 Å². The summed E-state index contributed by atoms with van der Waals surface area (Å²) >= 11 is 2.27. The van der Waals surface area contributed by atoms with Crippen LogP contribution in [-0.2, 0) is 4.79 Å². The highest BCUT2D eigenvalue weighted by molar-refractivity contribution is 8.01. The molecule has 2 aromatic carbocycles. The van der Waals surface area contributed by atoms with Crippen molar-refractivity contribution in [2.45, 2.75) is 4.34 Å².